The Hall–Kier alpha value is -0.480. The first-order chi connectivity index (χ1) is 10.1. The highest BCUT2D eigenvalue weighted by atomic mass is 32.2. The molecule has 0 saturated carbocycles. The zero-order valence-electron chi connectivity index (χ0n) is 13.4. The minimum Gasteiger partial charge on any atom is -0.450 e. The van der Waals surface area contributed by atoms with E-state index in [0.717, 1.165) is 19.4 Å². The highest BCUT2D eigenvalue weighted by Gasteiger charge is 2.52. The highest BCUT2D eigenvalue weighted by Crippen LogP contribution is 2.46. The van der Waals surface area contributed by atoms with Crippen LogP contribution >= 0.6 is 11.8 Å². The van der Waals surface area contributed by atoms with Crippen molar-refractivity contribution >= 4 is 17.7 Å². The fourth-order valence-corrected chi connectivity index (χ4v) is 5.51. The standard InChI is InChI=1S/C17H27NO2S/c1-4-9-21-14-10-13-11-16(19)20-17(13,3)15-7-5-6-8-18(15)12(14)2/h11-12,14-15H,4-10H2,1-3H3/t12-,14?,15?,17-/m0/s1. The molecule has 0 amide bonds. The highest BCUT2D eigenvalue weighted by molar-refractivity contribution is 7.99. The maximum atomic E-state index is 11.9. The van der Waals surface area contributed by atoms with Crippen molar-refractivity contribution < 1.29 is 9.53 Å². The number of carbonyl (C=O) groups excluding carboxylic acids is 1. The normalized spacial score (nSPS) is 40.0. The van der Waals surface area contributed by atoms with Gasteiger partial charge in [-0.15, -0.1) is 0 Å². The van der Waals surface area contributed by atoms with Crippen molar-refractivity contribution in [3.05, 3.63) is 11.6 Å². The van der Waals surface area contributed by atoms with Crippen molar-refractivity contribution in [2.45, 2.75) is 75.8 Å². The fourth-order valence-electron chi connectivity index (χ4n) is 4.23. The Morgan fingerprint density at radius 2 is 2.29 bits per heavy atom. The second-order valence-corrected chi connectivity index (χ2v) is 8.15. The minimum absolute atomic E-state index is 0.133. The Morgan fingerprint density at radius 1 is 1.48 bits per heavy atom. The molecule has 118 valence electrons. The number of thioether (sulfide) groups is 1. The number of ether oxygens (including phenoxy) is 1. The van der Waals surface area contributed by atoms with Gasteiger partial charge in [0.25, 0.3) is 0 Å². The van der Waals surface area contributed by atoms with Crippen LogP contribution in [0.4, 0.5) is 0 Å². The van der Waals surface area contributed by atoms with Crippen LogP contribution in [0.3, 0.4) is 0 Å². The molecular formula is C17H27NO2S. The van der Waals surface area contributed by atoms with Crippen molar-refractivity contribution in [3.63, 3.8) is 0 Å². The van der Waals surface area contributed by atoms with Gasteiger partial charge in [-0.05, 0) is 57.4 Å². The van der Waals surface area contributed by atoms with Crippen LogP contribution in [0.5, 0.6) is 0 Å². The Labute approximate surface area is 132 Å². The van der Waals surface area contributed by atoms with E-state index in [1.165, 1.54) is 30.6 Å². The summed E-state index contributed by atoms with van der Waals surface area (Å²) >= 11 is 2.07. The Morgan fingerprint density at radius 3 is 3.05 bits per heavy atom. The van der Waals surface area contributed by atoms with Gasteiger partial charge in [0.05, 0.1) is 6.04 Å². The van der Waals surface area contributed by atoms with E-state index in [2.05, 4.69) is 37.4 Å². The van der Waals surface area contributed by atoms with Gasteiger partial charge >= 0.3 is 5.97 Å². The van der Waals surface area contributed by atoms with Crippen LogP contribution < -0.4 is 0 Å². The summed E-state index contributed by atoms with van der Waals surface area (Å²) in [4.78, 5) is 14.5. The van der Waals surface area contributed by atoms with Gasteiger partial charge in [-0.1, -0.05) is 13.3 Å². The molecule has 0 spiro atoms. The molecule has 0 N–H and O–H groups in total. The number of carbonyl (C=O) groups is 1. The van der Waals surface area contributed by atoms with Crippen molar-refractivity contribution in [3.8, 4) is 0 Å². The molecule has 0 bridgehead atoms. The second kappa shape index (κ2) is 5.96. The molecule has 3 rings (SSSR count). The third kappa shape index (κ3) is 2.65. The molecule has 0 aliphatic carbocycles. The van der Waals surface area contributed by atoms with Gasteiger partial charge in [0.15, 0.2) is 0 Å². The summed E-state index contributed by atoms with van der Waals surface area (Å²) < 4.78 is 5.82. The fraction of sp³-hybridized carbons (Fsp3) is 0.824. The monoisotopic (exact) mass is 309 g/mol. The molecular weight excluding hydrogens is 282 g/mol. The average Bonchev–Trinajstić information content (AvgIpc) is 2.74. The summed E-state index contributed by atoms with van der Waals surface area (Å²) in [6.45, 7) is 7.91. The number of piperidine rings is 1. The smallest absolute Gasteiger partial charge is 0.331 e. The number of hydrogen-bond acceptors (Lipinski definition) is 4. The summed E-state index contributed by atoms with van der Waals surface area (Å²) in [5, 5.41) is 0.577. The van der Waals surface area contributed by atoms with E-state index in [1.807, 2.05) is 0 Å². The van der Waals surface area contributed by atoms with Crippen LogP contribution in [0.25, 0.3) is 0 Å². The van der Waals surface area contributed by atoms with Gasteiger partial charge in [-0.25, -0.2) is 4.79 Å². The maximum Gasteiger partial charge on any atom is 0.331 e. The Bertz CT molecular complexity index is 450. The maximum absolute atomic E-state index is 11.9. The van der Waals surface area contributed by atoms with Crippen molar-refractivity contribution in [1.29, 1.82) is 0 Å². The molecule has 4 heteroatoms. The number of hydrogen-bond donors (Lipinski definition) is 0. The molecule has 4 atom stereocenters. The molecule has 0 radical (unpaired) electrons. The largest absolute Gasteiger partial charge is 0.450 e. The first-order valence-corrected chi connectivity index (χ1v) is 9.42. The zero-order valence-corrected chi connectivity index (χ0v) is 14.2. The summed E-state index contributed by atoms with van der Waals surface area (Å²) in [5.74, 6) is 1.07. The first-order valence-electron chi connectivity index (χ1n) is 8.37. The zero-order chi connectivity index (χ0) is 15.0. The van der Waals surface area contributed by atoms with Crippen LogP contribution in [0.2, 0.25) is 0 Å². The Kier molecular flexibility index (Phi) is 4.37. The van der Waals surface area contributed by atoms with Crippen molar-refractivity contribution in [2.24, 2.45) is 0 Å². The third-order valence-electron chi connectivity index (χ3n) is 5.44. The molecule has 3 aliphatic heterocycles. The Balaban J connectivity index is 1.93. The third-order valence-corrected chi connectivity index (χ3v) is 7.07. The van der Waals surface area contributed by atoms with Gasteiger partial charge in [0.1, 0.15) is 5.60 Å². The lowest BCUT2D eigenvalue weighted by Crippen LogP contribution is -2.56. The lowest BCUT2D eigenvalue weighted by atomic mass is 9.83. The van der Waals surface area contributed by atoms with Crippen molar-refractivity contribution in [2.75, 3.05) is 12.3 Å². The lowest BCUT2D eigenvalue weighted by Gasteiger charge is -2.45. The molecule has 0 aromatic heterocycles. The van der Waals surface area contributed by atoms with Crippen LogP contribution in [0.15, 0.2) is 11.6 Å². The molecule has 2 unspecified atom stereocenters. The van der Waals surface area contributed by atoms with E-state index in [1.54, 1.807) is 6.08 Å². The van der Waals surface area contributed by atoms with Gasteiger partial charge < -0.3 is 4.74 Å². The SMILES string of the molecule is CCCSC1CC2=CC(=O)O[C@]2(C)C2CCCCN2[C@H]1C. The van der Waals surface area contributed by atoms with Crippen molar-refractivity contribution in [1.82, 2.24) is 4.90 Å². The quantitative estimate of drug-likeness (QED) is 0.748. The van der Waals surface area contributed by atoms with Gasteiger partial charge in [0.2, 0.25) is 0 Å². The van der Waals surface area contributed by atoms with Gasteiger partial charge in [0, 0.05) is 17.4 Å². The predicted molar refractivity (Wildman–Crippen MR) is 87.5 cm³/mol. The summed E-state index contributed by atoms with van der Waals surface area (Å²) in [6.07, 6.45) is 7.67. The molecule has 2 saturated heterocycles. The lowest BCUT2D eigenvalue weighted by molar-refractivity contribution is -0.151. The van der Waals surface area contributed by atoms with Gasteiger partial charge in [-0.3, -0.25) is 4.90 Å². The summed E-state index contributed by atoms with van der Waals surface area (Å²) in [5.41, 5.74) is 0.857. The van der Waals surface area contributed by atoms with Gasteiger partial charge in [-0.2, -0.15) is 11.8 Å². The number of esters is 1. The molecule has 3 aliphatic rings. The second-order valence-electron chi connectivity index (χ2n) is 6.80. The van der Waals surface area contributed by atoms with E-state index in [4.69, 9.17) is 4.74 Å². The van der Waals surface area contributed by atoms with E-state index in [-0.39, 0.29) is 11.6 Å². The van der Waals surface area contributed by atoms with E-state index < -0.39 is 0 Å². The topological polar surface area (TPSA) is 29.5 Å². The summed E-state index contributed by atoms with van der Waals surface area (Å²) in [6, 6.07) is 0.931. The number of nitrogens with zero attached hydrogens (tertiary/aromatic N) is 1. The summed E-state index contributed by atoms with van der Waals surface area (Å²) in [7, 11) is 0. The molecule has 3 nitrogen and oxygen atoms in total. The van der Waals surface area contributed by atoms with Crippen LogP contribution in [0, 0.1) is 0 Å². The van der Waals surface area contributed by atoms with E-state index in [0.29, 0.717) is 17.3 Å². The molecule has 2 fully saturated rings. The first kappa shape index (κ1) is 15.4. The number of rotatable bonds is 3. The van der Waals surface area contributed by atoms with E-state index >= 15 is 0 Å². The molecule has 0 aromatic rings. The predicted octanol–water partition coefficient (Wildman–Crippen LogP) is 3.39. The number of fused-ring (bicyclic) bond motifs is 3. The average molecular weight is 309 g/mol. The van der Waals surface area contributed by atoms with Crippen LogP contribution in [-0.2, 0) is 9.53 Å². The van der Waals surface area contributed by atoms with E-state index in [9.17, 15) is 4.79 Å². The molecule has 0 aromatic carbocycles. The van der Waals surface area contributed by atoms with Crippen LogP contribution in [0.1, 0.15) is 52.9 Å². The van der Waals surface area contributed by atoms with Crippen LogP contribution in [-0.4, -0.2) is 46.1 Å². The minimum atomic E-state index is -0.382. The molecule has 21 heavy (non-hydrogen) atoms. The molecule has 3 heterocycles.